The molecule has 0 saturated carbocycles. The van der Waals surface area contributed by atoms with Gasteiger partial charge < -0.3 is 14.6 Å². The van der Waals surface area contributed by atoms with E-state index in [1.165, 1.54) is 19.9 Å². The number of hydrogen-bond donors (Lipinski definition) is 0. The number of aliphatic carboxylic acids is 1. The molecule has 0 aromatic heterocycles. The second-order valence-electron chi connectivity index (χ2n) is 3.83. The Hall–Kier alpha value is 0.136. The van der Waals surface area contributed by atoms with Crippen molar-refractivity contribution in [1.82, 2.24) is 0 Å². The van der Waals surface area contributed by atoms with Crippen LogP contribution in [0.15, 0.2) is 36.1 Å². The molecular weight excluding hydrogens is 326 g/mol. The summed E-state index contributed by atoms with van der Waals surface area (Å²) < 4.78 is 4.61. The molecule has 0 saturated heterocycles. The molecule has 1 aliphatic rings. The van der Waals surface area contributed by atoms with Gasteiger partial charge in [0.2, 0.25) is 0 Å². The molecule has 0 N–H and O–H groups in total. The zero-order valence-electron chi connectivity index (χ0n) is 12.4. The molecule has 6 nitrogen and oxygen atoms in total. The number of allylic oxidation sites excluding steroid dienone is 5. The number of ketones is 2. The summed E-state index contributed by atoms with van der Waals surface area (Å²) in [5.74, 6) is -3.91. The molecule has 0 fully saturated rings. The quantitative estimate of drug-likeness (QED) is 0.173. The second-order valence-corrected chi connectivity index (χ2v) is 3.83. The molecule has 0 bridgehead atoms. The molecule has 0 spiro atoms. The summed E-state index contributed by atoms with van der Waals surface area (Å²) in [6.45, 7) is 4.49. The first-order valence-electron chi connectivity index (χ1n) is 5.74. The average molecular weight is 342 g/mol. The molecule has 8 heteroatoms. The number of cyclic esters (lactones) is 1. The first-order valence-corrected chi connectivity index (χ1v) is 5.74. The number of carboxylic acids is 1. The predicted octanol–water partition coefficient (Wildman–Crippen LogP) is -3.55. The number of Topliss-reactive ketones (excluding diaryl/α,β-unsaturated/α-hetero) is 1. The monoisotopic (exact) mass is 342 g/mol. The third kappa shape index (κ3) is 11.7. The van der Waals surface area contributed by atoms with Crippen LogP contribution in [0.25, 0.3) is 0 Å². The minimum atomic E-state index is -1.24. The fraction of sp³-hybridized carbons (Fsp3) is 0.286. The van der Waals surface area contributed by atoms with Crippen molar-refractivity contribution >= 4 is 74.9 Å². The molecule has 0 amide bonds. The molecule has 0 aromatic rings. The molecule has 110 valence electrons. The standard InChI is InChI=1S/C8H8O4.C6H8O2.K.Na.H/c1-4-3-6(10)7(5(2)9)8(11)12-4;1-2-3-4-5-6(7)8;;;/h3,7H,1-2H3;2-5H,1H3,(H,7,8);;;/q;;;+1;/p-1. The van der Waals surface area contributed by atoms with Crippen LogP contribution >= 0.6 is 0 Å². The maximum Gasteiger partial charge on any atom is 1.00 e. The topological polar surface area (TPSA) is 101 Å². The smallest absolute Gasteiger partial charge is 1.00 e. The number of carbonyl (C=O) groups is 4. The predicted molar refractivity (Wildman–Crippen MR) is 75.1 cm³/mol. The van der Waals surface area contributed by atoms with Gasteiger partial charge in [-0.1, -0.05) is 18.2 Å². The second kappa shape index (κ2) is 14.7. The van der Waals surface area contributed by atoms with Crippen molar-refractivity contribution in [3.05, 3.63) is 36.1 Å². The van der Waals surface area contributed by atoms with Crippen LogP contribution < -0.4 is 34.7 Å². The van der Waals surface area contributed by atoms with Crippen molar-refractivity contribution in [2.24, 2.45) is 5.92 Å². The fourth-order valence-corrected chi connectivity index (χ4v) is 1.26. The summed E-state index contributed by atoms with van der Waals surface area (Å²) >= 11 is 0. The summed E-state index contributed by atoms with van der Waals surface area (Å²) in [7, 11) is 0. The van der Waals surface area contributed by atoms with Crippen molar-refractivity contribution in [1.29, 1.82) is 0 Å². The van der Waals surface area contributed by atoms with Gasteiger partial charge in [-0.2, -0.15) is 0 Å². The molecule has 22 heavy (non-hydrogen) atoms. The SMILES string of the molecule is CC(=O)C1C(=O)C=C(C)OC1=O.CC=CC=CC(=O)[O-].[KH].[Na+]. The van der Waals surface area contributed by atoms with Crippen molar-refractivity contribution in [3.8, 4) is 0 Å². The molecule has 1 atom stereocenters. The number of rotatable bonds is 3. The molecule has 1 unspecified atom stereocenters. The van der Waals surface area contributed by atoms with Gasteiger partial charge in [-0.15, -0.1) is 0 Å². The largest absolute Gasteiger partial charge is 1.00 e. The van der Waals surface area contributed by atoms with Crippen LogP contribution in [0.2, 0.25) is 0 Å². The van der Waals surface area contributed by atoms with E-state index >= 15 is 0 Å². The van der Waals surface area contributed by atoms with Gasteiger partial charge in [0.1, 0.15) is 5.76 Å². The number of carbonyl (C=O) groups excluding carboxylic acids is 4. The van der Waals surface area contributed by atoms with E-state index in [9.17, 15) is 24.3 Å². The van der Waals surface area contributed by atoms with E-state index in [1.54, 1.807) is 19.1 Å². The fourth-order valence-electron chi connectivity index (χ4n) is 1.26. The van der Waals surface area contributed by atoms with Crippen molar-refractivity contribution in [2.45, 2.75) is 20.8 Å². The Morgan fingerprint density at radius 2 is 1.82 bits per heavy atom. The van der Waals surface area contributed by atoms with Crippen LogP contribution in [0.3, 0.4) is 0 Å². The Balaban J connectivity index is -0.000000323. The normalized spacial score (nSPS) is 16.7. The van der Waals surface area contributed by atoms with E-state index in [-0.39, 0.29) is 86.7 Å². The van der Waals surface area contributed by atoms with Crippen LogP contribution in [-0.4, -0.2) is 74.9 Å². The van der Waals surface area contributed by atoms with E-state index in [1.807, 2.05) is 0 Å². The van der Waals surface area contributed by atoms with Crippen LogP contribution in [0.1, 0.15) is 20.8 Å². The number of carboxylic acid groups (broad SMARTS) is 1. The average Bonchev–Trinajstić information content (AvgIpc) is 2.27. The van der Waals surface area contributed by atoms with Gasteiger partial charge in [-0.3, -0.25) is 14.4 Å². The van der Waals surface area contributed by atoms with Gasteiger partial charge in [0, 0.05) is 6.08 Å². The third-order valence-corrected chi connectivity index (χ3v) is 2.07. The van der Waals surface area contributed by atoms with Gasteiger partial charge in [0.25, 0.3) is 0 Å². The number of hydrogen-bond acceptors (Lipinski definition) is 6. The van der Waals surface area contributed by atoms with Crippen molar-refractivity contribution in [2.75, 3.05) is 0 Å². The third-order valence-electron chi connectivity index (χ3n) is 2.07. The van der Waals surface area contributed by atoms with Crippen LogP contribution in [0.5, 0.6) is 0 Å². The number of ether oxygens (including phenoxy) is 1. The molecule has 1 rings (SSSR count). The van der Waals surface area contributed by atoms with Gasteiger partial charge in [0.05, 0.1) is 5.97 Å². The maximum absolute atomic E-state index is 11.1. The van der Waals surface area contributed by atoms with E-state index in [0.717, 1.165) is 12.2 Å². The summed E-state index contributed by atoms with van der Waals surface area (Å²) in [6, 6.07) is 0. The van der Waals surface area contributed by atoms with E-state index in [4.69, 9.17) is 0 Å². The van der Waals surface area contributed by atoms with Gasteiger partial charge in [0.15, 0.2) is 17.5 Å². The van der Waals surface area contributed by atoms with Gasteiger partial charge in [-0.25, -0.2) is 0 Å². The molecule has 0 aromatic carbocycles. The summed E-state index contributed by atoms with van der Waals surface area (Å²) in [5, 5.41) is 9.64. The Labute approximate surface area is 193 Å². The summed E-state index contributed by atoms with van der Waals surface area (Å²) in [4.78, 5) is 42.4. The summed E-state index contributed by atoms with van der Waals surface area (Å²) in [6.07, 6.45) is 6.90. The molecule has 1 heterocycles. The number of esters is 1. The van der Waals surface area contributed by atoms with E-state index in [0.29, 0.717) is 0 Å². The van der Waals surface area contributed by atoms with Gasteiger partial charge >= 0.3 is 86.9 Å². The van der Waals surface area contributed by atoms with Crippen LogP contribution in [-0.2, 0) is 23.9 Å². The van der Waals surface area contributed by atoms with E-state index < -0.39 is 29.4 Å². The first-order chi connectivity index (χ1) is 9.29. The molecule has 0 radical (unpaired) electrons. The van der Waals surface area contributed by atoms with Crippen molar-refractivity contribution in [3.63, 3.8) is 0 Å². The van der Waals surface area contributed by atoms with Crippen LogP contribution in [0.4, 0.5) is 0 Å². The van der Waals surface area contributed by atoms with Crippen molar-refractivity contribution < 1.29 is 58.6 Å². The maximum atomic E-state index is 11.1. The first kappa shape index (κ1) is 27.0. The zero-order chi connectivity index (χ0) is 15.7. The van der Waals surface area contributed by atoms with Crippen LogP contribution in [0, 0.1) is 5.92 Å². The molecule has 1 aliphatic heterocycles. The zero-order valence-corrected chi connectivity index (χ0v) is 14.4. The Morgan fingerprint density at radius 1 is 1.27 bits per heavy atom. The minimum absolute atomic E-state index is 0. The molecular formula is C14H16KNaO6. The summed E-state index contributed by atoms with van der Waals surface area (Å²) in [5.41, 5.74) is 0. The van der Waals surface area contributed by atoms with Gasteiger partial charge in [-0.05, 0) is 26.8 Å². The Morgan fingerprint density at radius 3 is 2.18 bits per heavy atom. The minimum Gasteiger partial charge on any atom is 1.00 e. The van der Waals surface area contributed by atoms with E-state index in [2.05, 4.69) is 4.74 Å². The molecule has 0 aliphatic carbocycles. The Bertz CT molecular complexity index is 507. The Kier molecular flexibility index (Phi) is 18.1.